The van der Waals surface area contributed by atoms with Gasteiger partial charge in [-0.1, -0.05) is 42.5 Å². The monoisotopic (exact) mass is 668 g/mol. The summed E-state index contributed by atoms with van der Waals surface area (Å²) in [6, 6.07) is 25.6. The molecule has 0 aliphatic rings. The normalized spacial score (nSPS) is 11.9. The van der Waals surface area contributed by atoms with Crippen molar-refractivity contribution in [3.63, 3.8) is 0 Å². The highest BCUT2D eigenvalue weighted by Crippen LogP contribution is 2.32. The summed E-state index contributed by atoms with van der Waals surface area (Å²) >= 11 is 2.74. The van der Waals surface area contributed by atoms with Crippen LogP contribution in [0.4, 0.5) is 10.8 Å². The SMILES string of the molecule is CCC(Sc1cccc(NC(=O)/C(=C\c2ccc(O)cc2OC)NC(=O)c2ccccc2)c1)C(=O)Nc1nc2ccc(OC)cc2s1. The molecule has 4 N–H and O–H groups in total. The molecule has 0 saturated heterocycles. The van der Waals surface area contributed by atoms with Crippen molar-refractivity contribution in [1.82, 2.24) is 10.3 Å². The third kappa shape index (κ3) is 8.48. The Morgan fingerprint density at radius 1 is 0.936 bits per heavy atom. The van der Waals surface area contributed by atoms with Gasteiger partial charge in [-0.05, 0) is 73.2 Å². The van der Waals surface area contributed by atoms with Crippen molar-refractivity contribution >= 4 is 67.9 Å². The number of phenolic OH excluding ortho intramolecular Hbond substituents is 1. The van der Waals surface area contributed by atoms with Crippen molar-refractivity contribution < 1.29 is 29.0 Å². The number of methoxy groups -OCH3 is 2. The number of aromatic hydroxyl groups is 1. The number of hydrogen-bond donors (Lipinski definition) is 4. The molecular formula is C35H32N4O6S2. The molecule has 1 aromatic heterocycles. The van der Waals surface area contributed by atoms with Gasteiger partial charge in [-0.2, -0.15) is 0 Å². The number of nitrogens with one attached hydrogen (secondary N) is 3. The fourth-order valence-electron chi connectivity index (χ4n) is 4.52. The van der Waals surface area contributed by atoms with Gasteiger partial charge in [0.05, 0.1) is 29.7 Å². The number of carbonyl (C=O) groups excluding carboxylic acids is 3. The lowest BCUT2D eigenvalue weighted by molar-refractivity contribution is -0.116. The van der Waals surface area contributed by atoms with Crippen molar-refractivity contribution in [3.05, 3.63) is 108 Å². The maximum Gasteiger partial charge on any atom is 0.272 e. The Bertz CT molecular complexity index is 1940. The Kier molecular flexibility index (Phi) is 10.8. The van der Waals surface area contributed by atoms with E-state index >= 15 is 0 Å². The number of fused-ring (bicyclic) bond motifs is 1. The fraction of sp³-hybridized carbons (Fsp3) is 0.143. The molecule has 47 heavy (non-hydrogen) atoms. The number of thiazole rings is 1. The number of thioether (sulfide) groups is 1. The Labute approximate surface area is 279 Å². The summed E-state index contributed by atoms with van der Waals surface area (Å²) in [5.74, 6) is -0.213. The lowest BCUT2D eigenvalue weighted by Gasteiger charge is -2.15. The predicted molar refractivity (Wildman–Crippen MR) is 186 cm³/mol. The van der Waals surface area contributed by atoms with Gasteiger partial charge in [0.1, 0.15) is 22.9 Å². The molecule has 0 bridgehead atoms. The third-order valence-corrected chi connectivity index (χ3v) is 9.20. The van der Waals surface area contributed by atoms with Crippen molar-refractivity contribution in [2.45, 2.75) is 23.5 Å². The molecule has 3 amide bonds. The van der Waals surface area contributed by atoms with Gasteiger partial charge in [0.2, 0.25) is 5.91 Å². The smallest absolute Gasteiger partial charge is 0.272 e. The molecular weight excluding hydrogens is 637 g/mol. The molecule has 1 atom stereocenters. The second-order valence-corrected chi connectivity index (χ2v) is 12.4. The maximum absolute atomic E-state index is 13.6. The molecule has 0 saturated carbocycles. The summed E-state index contributed by atoms with van der Waals surface area (Å²) in [6.07, 6.45) is 2.03. The summed E-state index contributed by atoms with van der Waals surface area (Å²) in [5, 5.41) is 18.4. The first kappa shape index (κ1) is 33.0. The number of nitrogens with zero attached hydrogens (tertiary/aromatic N) is 1. The third-order valence-electron chi connectivity index (χ3n) is 6.90. The van der Waals surface area contributed by atoms with Gasteiger partial charge in [0, 0.05) is 27.8 Å². The van der Waals surface area contributed by atoms with Gasteiger partial charge in [0.15, 0.2) is 5.13 Å². The summed E-state index contributed by atoms with van der Waals surface area (Å²) in [6.45, 7) is 1.93. The average molecular weight is 669 g/mol. The van der Waals surface area contributed by atoms with E-state index in [1.54, 1.807) is 61.7 Å². The molecule has 1 heterocycles. The van der Waals surface area contributed by atoms with Gasteiger partial charge in [-0.25, -0.2) is 4.98 Å². The van der Waals surface area contributed by atoms with Crippen LogP contribution in [0, 0.1) is 0 Å². The van der Waals surface area contributed by atoms with Crippen LogP contribution in [0.2, 0.25) is 0 Å². The van der Waals surface area contributed by atoms with Crippen LogP contribution in [0.3, 0.4) is 0 Å². The Morgan fingerprint density at radius 2 is 1.74 bits per heavy atom. The zero-order valence-corrected chi connectivity index (χ0v) is 27.4. The molecule has 0 aliphatic heterocycles. The van der Waals surface area contributed by atoms with E-state index in [-0.39, 0.29) is 17.4 Å². The molecule has 5 rings (SSSR count). The van der Waals surface area contributed by atoms with Crippen LogP contribution in [-0.4, -0.2) is 47.3 Å². The predicted octanol–water partition coefficient (Wildman–Crippen LogP) is 6.94. The number of ether oxygens (including phenoxy) is 2. The van der Waals surface area contributed by atoms with Crippen LogP contribution in [0.15, 0.2) is 102 Å². The van der Waals surface area contributed by atoms with Gasteiger partial charge in [0.25, 0.3) is 11.8 Å². The summed E-state index contributed by atoms with van der Waals surface area (Å²) in [5.41, 5.74) is 2.04. The average Bonchev–Trinajstić information content (AvgIpc) is 3.49. The fourth-order valence-corrected chi connectivity index (χ4v) is 6.43. The molecule has 4 aromatic carbocycles. The van der Waals surface area contributed by atoms with Crippen LogP contribution >= 0.6 is 23.1 Å². The summed E-state index contributed by atoms with van der Waals surface area (Å²) < 4.78 is 11.6. The number of anilines is 2. The van der Waals surface area contributed by atoms with Crippen molar-refractivity contribution in [3.8, 4) is 17.2 Å². The zero-order valence-electron chi connectivity index (χ0n) is 25.8. The van der Waals surface area contributed by atoms with E-state index in [1.807, 2.05) is 31.2 Å². The standard InChI is InChI=1S/C35H32N4O6S2/c1-4-30(34(43)39-35-38-27-16-15-25(44-2)20-31(27)47-35)46-26-12-8-11-23(18-26)36-33(42)28(37-32(41)21-9-6-5-7-10-21)17-22-13-14-24(40)19-29(22)45-3/h5-20,30,40H,4H2,1-3H3,(H,36,42)(H,37,41)(H,38,39,43)/b28-17+. The molecule has 1 unspecified atom stereocenters. The topological polar surface area (TPSA) is 139 Å². The van der Waals surface area contributed by atoms with Gasteiger partial charge in [-0.15, -0.1) is 11.8 Å². The molecule has 12 heteroatoms. The summed E-state index contributed by atoms with van der Waals surface area (Å²) in [7, 11) is 3.04. The van der Waals surface area contributed by atoms with Gasteiger partial charge in [-0.3, -0.25) is 14.4 Å². The first-order valence-electron chi connectivity index (χ1n) is 14.5. The van der Waals surface area contributed by atoms with Crippen molar-refractivity contribution in [2.24, 2.45) is 0 Å². The van der Waals surface area contributed by atoms with E-state index in [9.17, 15) is 19.5 Å². The van der Waals surface area contributed by atoms with E-state index in [0.29, 0.717) is 39.9 Å². The van der Waals surface area contributed by atoms with Crippen LogP contribution in [0.25, 0.3) is 16.3 Å². The largest absolute Gasteiger partial charge is 0.508 e. The number of phenols is 1. The second-order valence-electron chi connectivity index (χ2n) is 10.1. The molecule has 0 radical (unpaired) electrons. The number of amides is 3. The van der Waals surface area contributed by atoms with Crippen molar-refractivity contribution in [2.75, 3.05) is 24.9 Å². The van der Waals surface area contributed by atoms with E-state index in [0.717, 1.165) is 15.1 Å². The highest BCUT2D eigenvalue weighted by atomic mass is 32.2. The van der Waals surface area contributed by atoms with Crippen LogP contribution in [0.1, 0.15) is 29.3 Å². The second kappa shape index (κ2) is 15.3. The minimum absolute atomic E-state index is 0.00699. The van der Waals surface area contributed by atoms with Gasteiger partial charge < -0.3 is 30.5 Å². The van der Waals surface area contributed by atoms with Gasteiger partial charge >= 0.3 is 0 Å². The quantitative estimate of drug-likeness (QED) is 0.0829. The Balaban J connectivity index is 1.32. The zero-order chi connectivity index (χ0) is 33.3. The number of rotatable bonds is 12. The first-order chi connectivity index (χ1) is 22.8. The van der Waals surface area contributed by atoms with Crippen molar-refractivity contribution in [1.29, 1.82) is 0 Å². The lowest BCUT2D eigenvalue weighted by Crippen LogP contribution is -2.30. The lowest BCUT2D eigenvalue weighted by atomic mass is 10.1. The van der Waals surface area contributed by atoms with E-state index in [4.69, 9.17) is 9.47 Å². The highest BCUT2D eigenvalue weighted by molar-refractivity contribution is 8.00. The molecule has 0 aliphatic carbocycles. The maximum atomic E-state index is 13.6. The molecule has 5 aromatic rings. The molecule has 0 spiro atoms. The van der Waals surface area contributed by atoms with Crippen LogP contribution in [-0.2, 0) is 9.59 Å². The van der Waals surface area contributed by atoms with E-state index in [2.05, 4.69) is 20.9 Å². The minimum Gasteiger partial charge on any atom is -0.508 e. The Morgan fingerprint density at radius 3 is 2.49 bits per heavy atom. The number of aromatic nitrogens is 1. The number of benzene rings is 4. The Hall–Kier alpha value is -5.33. The van der Waals surface area contributed by atoms with Crippen LogP contribution < -0.4 is 25.4 Å². The van der Waals surface area contributed by atoms with Crippen LogP contribution in [0.5, 0.6) is 17.2 Å². The molecule has 240 valence electrons. The van der Waals surface area contributed by atoms with E-state index in [1.165, 1.54) is 48.4 Å². The number of hydrogen-bond acceptors (Lipinski definition) is 9. The molecule has 0 fully saturated rings. The van der Waals surface area contributed by atoms with E-state index < -0.39 is 17.1 Å². The first-order valence-corrected chi connectivity index (χ1v) is 16.2. The summed E-state index contributed by atoms with van der Waals surface area (Å²) in [4.78, 5) is 45.2. The number of carbonyl (C=O) groups is 3. The minimum atomic E-state index is -0.580. The highest BCUT2D eigenvalue weighted by Gasteiger charge is 2.21. The molecule has 10 nitrogen and oxygen atoms in total.